The molecule has 2 aromatic carbocycles. The van der Waals surface area contributed by atoms with Gasteiger partial charge in [0.25, 0.3) is 0 Å². The molecule has 0 fully saturated rings. The van der Waals surface area contributed by atoms with Crippen LogP contribution < -0.4 is 5.73 Å². The Balaban J connectivity index is 2.17. The molecule has 2 heteroatoms. The summed E-state index contributed by atoms with van der Waals surface area (Å²) < 4.78 is 0. The Morgan fingerprint density at radius 1 is 1.12 bits per heavy atom. The second-order valence-corrected chi connectivity index (χ2v) is 4.73. The molecule has 1 nitrogen and oxygen atoms in total. The van der Waals surface area contributed by atoms with E-state index < -0.39 is 0 Å². The molecular formula is C15H16ClN. The predicted molar refractivity (Wildman–Crippen MR) is 73.3 cm³/mol. The summed E-state index contributed by atoms with van der Waals surface area (Å²) in [5, 5.41) is 0.739. The minimum atomic E-state index is -0.00481. The maximum absolute atomic E-state index is 6.21. The van der Waals surface area contributed by atoms with Crippen molar-refractivity contribution in [3.8, 4) is 0 Å². The van der Waals surface area contributed by atoms with E-state index in [0.717, 1.165) is 17.0 Å². The molecule has 1 atom stereocenters. The van der Waals surface area contributed by atoms with Crippen LogP contribution in [0.2, 0.25) is 5.02 Å². The van der Waals surface area contributed by atoms with Gasteiger partial charge in [-0.25, -0.2) is 0 Å². The van der Waals surface area contributed by atoms with Gasteiger partial charge in [-0.15, -0.1) is 0 Å². The molecular weight excluding hydrogens is 230 g/mol. The molecule has 1 unspecified atom stereocenters. The Morgan fingerprint density at radius 3 is 2.59 bits per heavy atom. The van der Waals surface area contributed by atoms with E-state index in [1.165, 1.54) is 11.1 Å². The number of hydrogen-bond donors (Lipinski definition) is 1. The van der Waals surface area contributed by atoms with Crippen molar-refractivity contribution in [2.24, 2.45) is 5.73 Å². The minimum absolute atomic E-state index is 0.00481. The maximum Gasteiger partial charge on any atom is 0.0409 e. The first kappa shape index (κ1) is 12.2. The quantitative estimate of drug-likeness (QED) is 0.872. The van der Waals surface area contributed by atoms with Crippen molar-refractivity contribution in [3.05, 3.63) is 70.2 Å². The van der Waals surface area contributed by atoms with Crippen molar-refractivity contribution < 1.29 is 0 Å². The van der Waals surface area contributed by atoms with Gasteiger partial charge in [-0.3, -0.25) is 0 Å². The van der Waals surface area contributed by atoms with E-state index in [1.807, 2.05) is 36.4 Å². The fourth-order valence-electron chi connectivity index (χ4n) is 1.93. The molecule has 0 saturated carbocycles. The number of halogens is 1. The minimum Gasteiger partial charge on any atom is -0.324 e. The third-order valence-electron chi connectivity index (χ3n) is 2.98. The van der Waals surface area contributed by atoms with Crippen molar-refractivity contribution in [3.63, 3.8) is 0 Å². The summed E-state index contributed by atoms with van der Waals surface area (Å²) in [7, 11) is 0. The highest BCUT2D eigenvalue weighted by Crippen LogP contribution is 2.20. The normalized spacial score (nSPS) is 12.4. The second kappa shape index (κ2) is 5.35. The van der Waals surface area contributed by atoms with Crippen LogP contribution in [0.15, 0.2) is 48.5 Å². The zero-order chi connectivity index (χ0) is 12.3. The van der Waals surface area contributed by atoms with Gasteiger partial charge in [-0.1, -0.05) is 48.0 Å². The lowest BCUT2D eigenvalue weighted by Gasteiger charge is -2.14. The largest absolute Gasteiger partial charge is 0.324 e. The molecule has 88 valence electrons. The molecule has 0 spiro atoms. The average Bonchev–Trinajstić information content (AvgIpc) is 2.32. The van der Waals surface area contributed by atoms with E-state index in [-0.39, 0.29) is 6.04 Å². The molecule has 2 aromatic rings. The molecule has 2 N–H and O–H groups in total. The molecule has 0 heterocycles. The highest BCUT2D eigenvalue weighted by molar-refractivity contribution is 6.30. The van der Waals surface area contributed by atoms with Gasteiger partial charge >= 0.3 is 0 Å². The van der Waals surface area contributed by atoms with Crippen LogP contribution in [0.25, 0.3) is 0 Å². The highest BCUT2D eigenvalue weighted by Gasteiger charge is 2.08. The number of aryl methyl sites for hydroxylation is 1. The van der Waals surface area contributed by atoms with Gasteiger partial charge in [0.15, 0.2) is 0 Å². The molecule has 0 aliphatic heterocycles. The Labute approximate surface area is 107 Å². The molecule has 0 aromatic heterocycles. The molecule has 0 bridgehead atoms. The fourth-order valence-corrected chi connectivity index (χ4v) is 2.13. The molecule has 17 heavy (non-hydrogen) atoms. The standard InChI is InChI=1S/C15H16ClN/c1-11-5-2-3-6-12(11)10-15(17)13-7-4-8-14(16)9-13/h2-9,15H,10,17H2,1H3. The Morgan fingerprint density at radius 2 is 1.88 bits per heavy atom. The topological polar surface area (TPSA) is 26.0 Å². The zero-order valence-corrected chi connectivity index (χ0v) is 10.6. The van der Waals surface area contributed by atoms with E-state index in [2.05, 4.69) is 19.1 Å². The number of hydrogen-bond acceptors (Lipinski definition) is 1. The van der Waals surface area contributed by atoms with Crippen LogP contribution >= 0.6 is 11.6 Å². The summed E-state index contributed by atoms with van der Waals surface area (Å²) in [4.78, 5) is 0. The molecule has 0 amide bonds. The summed E-state index contributed by atoms with van der Waals surface area (Å²) >= 11 is 5.97. The van der Waals surface area contributed by atoms with Gasteiger partial charge in [-0.05, 0) is 42.2 Å². The summed E-state index contributed by atoms with van der Waals surface area (Å²) in [6.45, 7) is 2.11. The fraction of sp³-hybridized carbons (Fsp3) is 0.200. The Kier molecular flexibility index (Phi) is 3.82. The van der Waals surface area contributed by atoms with Gasteiger partial charge in [0.05, 0.1) is 0 Å². The van der Waals surface area contributed by atoms with Crippen LogP contribution in [0.1, 0.15) is 22.7 Å². The van der Waals surface area contributed by atoms with E-state index in [9.17, 15) is 0 Å². The Hall–Kier alpha value is -1.31. The van der Waals surface area contributed by atoms with Gasteiger partial charge in [0.1, 0.15) is 0 Å². The first-order valence-corrected chi connectivity index (χ1v) is 6.10. The third kappa shape index (κ3) is 3.09. The van der Waals surface area contributed by atoms with Crippen LogP contribution in [0, 0.1) is 6.92 Å². The van der Waals surface area contributed by atoms with Gasteiger partial charge < -0.3 is 5.73 Å². The van der Waals surface area contributed by atoms with Gasteiger partial charge in [0.2, 0.25) is 0 Å². The first-order chi connectivity index (χ1) is 8.16. The average molecular weight is 246 g/mol. The smallest absolute Gasteiger partial charge is 0.0409 e. The maximum atomic E-state index is 6.21. The number of benzene rings is 2. The first-order valence-electron chi connectivity index (χ1n) is 5.72. The monoisotopic (exact) mass is 245 g/mol. The number of nitrogens with two attached hydrogens (primary N) is 1. The van der Waals surface area contributed by atoms with E-state index >= 15 is 0 Å². The lowest BCUT2D eigenvalue weighted by atomic mass is 9.97. The second-order valence-electron chi connectivity index (χ2n) is 4.29. The van der Waals surface area contributed by atoms with Crippen molar-refractivity contribution in [1.82, 2.24) is 0 Å². The van der Waals surface area contributed by atoms with Gasteiger partial charge in [-0.2, -0.15) is 0 Å². The van der Waals surface area contributed by atoms with Crippen LogP contribution in [0.5, 0.6) is 0 Å². The van der Waals surface area contributed by atoms with Crippen LogP contribution in [-0.4, -0.2) is 0 Å². The van der Waals surface area contributed by atoms with E-state index in [0.29, 0.717) is 0 Å². The molecule has 2 rings (SSSR count). The van der Waals surface area contributed by atoms with Crippen LogP contribution in [-0.2, 0) is 6.42 Å². The Bertz CT molecular complexity index is 508. The lowest BCUT2D eigenvalue weighted by Crippen LogP contribution is -2.13. The molecule has 0 aliphatic rings. The molecule has 0 saturated heterocycles. The molecule has 0 radical (unpaired) electrons. The highest BCUT2D eigenvalue weighted by atomic mass is 35.5. The zero-order valence-electron chi connectivity index (χ0n) is 9.86. The van der Waals surface area contributed by atoms with Crippen LogP contribution in [0.3, 0.4) is 0 Å². The van der Waals surface area contributed by atoms with Crippen LogP contribution in [0.4, 0.5) is 0 Å². The summed E-state index contributed by atoms with van der Waals surface area (Å²) in [6.07, 6.45) is 0.840. The van der Waals surface area contributed by atoms with E-state index in [1.54, 1.807) is 0 Å². The van der Waals surface area contributed by atoms with Gasteiger partial charge in [0, 0.05) is 11.1 Å². The van der Waals surface area contributed by atoms with Crippen molar-refractivity contribution in [2.45, 2.75) is 19.4 Å². The summed E-state index contributed by atoms with van der Waals surface area (Å²) in [5.74, 6) is 0. The predicted octanol–water partition coefficient (Wildman–Crippen LogP) is 3.89. The van der Waals surface area contributed by atoms with Crippen molar-refractivity contribution >= 4 is 11.6 Å². The van der Waals surface area contributed by atoms with E-state index in [4.69, 9.17) is 17.3 Å². The van der Waals surface area contributed by atoms with Crippen molar-refractivity contribution in [2.75, 3.05) is 0 Å². The summed E-state index contributed by atoms with van der Waals surface area (Å²) in [6, 6.07) is 16.1. The molecule has 0 aliphatic carbocycles. The SMILES string of the molecule is Cc1ccccc1CC(N)c1cccc(Cl)c1. The van der Waals surface area contributed by atoms with Crippen molar-refractivity contribution in [1.29, 1.82) is 0 Å². The lowest BCUT2D eigenvalue weighted by molar-refractivity contribution is 0.719. The third-order valence-corrected chi connectivity index (χ3v) is 3.21. The summed E-state index contributed by atoms with van der Waals surface area (Å²) in [5.41, 5.74) is 9.86. The number of rotatable bonds is 3.